The Labute approximate surface area is 133 Å². The van der Waals surface area contributed by atoms with E-state index in [1.54, 1.807) is 12.1 Å². The number of halogens is 1. The van der Waals surface area contributed by atoms with E-state index in [0.29, 0.717) is 27.3 Å². The van der Waals surface area contributed by atoms with Crippen molar-refractivity contribution >= 4 is 46.1 Å². The van der Waals surface area contributed by atoms with E-state index < -0.39 is 0 Å². The van der Waals surface area contributed by atoms with E-state index in [1.165, 1.54) is 11.3 Å². The van der Waals surface area contributed by atoms with E-state index in [9.17, 15) is 4.79 Å². The van der Waals surface area contributed by atoms with Crippen LogP contribution in [0.15, 0.2) is 12.1 Å². The number of amides is 1. The SMILES string of the molecule is CCC(C(N)=S)N1CCN(C(=O)c2ccc(Cl)s2)CC1. The first kappa shape index (κ1) is 15.7. The van der Waals surface area contributed by atoms with Gasteiger partial charge in [0.2, 0.25) is 0 Å². The number of rotatable bonds is 4. The van der Waals surface area contributed by atoms with Crippen LogP contribution in [-0.2, 0) is 0 Å². The van der Waals surface area contributed by atoms with Crippen molar-refractivity contribution in [3.63, 3.8) is 0 Å². The number of thiophene rings is 1. The van der Waals surface area contributed by atoms with E-state index in [1.807, 2.05) is 4.90 Å². The molecule has 2 rings (SSSR count). The van der Waals surface area contributed by atoms with Crippen molar-refractivity contribution in [3.05, 3.63) is 21.3 Å². The van der Waals surface area contributed by atoms with Gasteiger partial charge >= 0.3 is 0 Å². The molecule has 1 aromatic heterocycles. The Morgan fingerprint density at radius 3 is 2.55 bits per heavy atom. The average Bonchev–Trinajstić information content (AvgIpc) is 2.86. The lowest BCUT2D eigenvalue weighted by atomic mass is 10.1. The molecule has 0 saturated carbocycles. The van der Waals surface area contributed by atoms with Crippen LogP contribution in [0.5, 0.6) is 0 Å². The third kappa shape index (κ3) is 3.49. The second kappa shape index (κ2) is 6.85. The fourth-order valence-electron chi connectivity index (χ4n) is 2.46. The molecule has 110 valence electrons. The summed E-state index contributed by atoms with van der Waals surface area (Å²) in [5.74, 6) is 0.0601. The quantitative estimate of drug-likeness (QED) is 0.860. The van der Waals surface area contributed by atoms with Crippen LogP contribution in [0.25, 0.3) is 0 Å². The Bertz CT molecular complexity index is 498. The second-order valence-corrected chi connectivity index (χ2v) is 6.94. The van der Waals surface area contributed by atoms with Gasteiger partial charge in [0.25, 0.3) is 5.91 Å². The maximum Gasteiger partial charge on any atom is 0.264 e. The van der Waals surface area contributed by atoms with Gasteiger partial charge in [-0.2, -0.15) is 0 Å². The molecule has 1 fully saturated rings. The zero-order valence-corrected chi connectivity index (χ0v) is 13.7. The third-order valence-corrected chi connectivity index (χ3v) is 5.03. The minimum atomic E-state index is 0.0601. The summed E-state index contributed by atoms with van der Waals surface area (Å²) >= 11 is 12.3. The highest BCUT2D eigenvalue weighted by Gasteiger charge is 2.27. The minimum Gasteiger partial charge on any atom is -0.392 e. The number of carbonyl (C=O) groups is 1. The molecule has 7 heteroatoms. The molecule has 0 radical (unpaired) electrons. The van der Waals surface area contributed by atoms with Gasteiger partial charge in [-0.1, -0.05) is 30.7 Å². The standard InChI is InChI=1S/C13H18ClN3OS2/c1-2-9(12(15)19)16-5-7-17(8-6-16)13(18)10-3-4-11(14)20-10/h3-4,9H,2,5-8H2,1H3,(H2,15,19). The fraction of sp³-hybridized carbons (Fsp3) is 0.538. The largest absolute Gasteiger partial charge is 0.392 e. The average molecular weight is 332 g/mol. The van der Waals surface area contributed by atoms with Gasteiger partial charge in [0.15, 0.2) is 0 Å². The topological polar surface area (TPSA) is 49.6 Å². The highest BCUT2D eigenvalue weighted by molar-refractivity contribution is 7.80. The van der Waals surface area contributed by atoms with Gasteiger partial charge in [0.1, 0.15) is 0 Å². The summed E-state index contributed by atoms with van der Waals surface area (Å²) in [5.41, 5.74) is 5.76. The molecule has 1 saturated heterocycles. The zero-order valence-electron chi connectivity index (χ0n) is 11.3. The molecule has 0 aliphatic carbocycles. The first-order valence-electron chi connectivity index (χ1n) is 6.61. The number of thiocarbonyl (C=S) groups is 1. The lowest BCUT2D eigenvalue weighted by Gasteiger charge is -2.38. The van der Waals surface area contributed by atoms with Gasteiger partial charge in [-0.25, -0.2) is 0 Å². The van der Waals surface area contributed by atoms with E-state index >= 15 is 0 Å². The molecule has 1 aliphatic rings. The summed E-state index contributed by atoms with van der Waals surface area (Å²) in [7, 11) is 0. The predicted octanol–water partition coefficient (Wildman–Crippen LogP) is 2.22. The summed E-state index contributed by atoms with van der Waals surface area (Å²) in [6.07, 6.45) is 0.907. The van der Waals surface area contributed by atoms with Crippen molar-refractivity contribution in [1.82, 2.24) is 9.80 Å². The van der Waals surface area contributed by atoms with Crippen LogP contribution in [0, 0.1) is 0 Å². The van der Waals surface area contributed by atoms with E-state index in [0.717, 1.165) is 19.5 Å². The Balaban J connectivity index is 1.94. The Morgan fingerprint density at radius 1 is 1.45 bits per heavy atom. The number of carbonyl (C=O) groups excluding carboxylic acids is 1. The molecule has 0 aromatic carbocycles. The summed E-state index contributed by atoms with van der Waals surface area (Å²) in [4.78, 5) is 17.7. The summed E-state index contributed by atoms with van der Waals surface area (Å²) < 4.78 is 0.645. The maximum absolute atomic E-state index is 12.3. The molecule has 1 unspecified atom stereocenters. The lowest BCUT2D eigenvalue weighted by molar-refractivity contribution is 0.0616. The van der Waals surface area contributed by atoms with Crippen LogP contribution in [0.3, 0.4) is 0 Å². The summed E-state index contributed by atoms with van der Waals surface area (Å²) in [6.45, 7) is 5.09. The van der Waals surface area contributed by atoms with Gasteiger partial charge < -0.3 is 10.6 Å². The summed E-state index contributed by atoms with van der Waals surface area (Å²) in [6, 6.07) is 3.68. The van der Waals surface area contributed by atoms with Gasteiger partial charge in [-0.3, -0.25) is 9.69 Å². The number of hydrogen-bond acceptors (Lipinski definition) is 4. The van der Waals surface area contributed by atoms with Crippen LogP contribution in [-0.4, -0.2) is 52.9 Å². The van der Waals surface area contributed by atoms with Gasteiger partial charge in [0.05, 0.1) is 20.2 Å². The predicted molar refractivity (Wildman–Crippen MR) is 87.7 cm³/mol. The van der Waals surface area contributed by atoms with Gasteiger partial charge in [-0.15, -0.1) is 11.3 Å². The molecule has 1 atom stereocenters. The molecule has 20 heavy (non-hydrogen) atoms. The fourth-order valence-corrected chi connectivity index (χ4v) is 3.79. The van der Waals surface area contributed by atoms with Crippen molar-refractivity contribution in [3.8, 4) is 0 Å². The van der Waals surface area contributed by atoms with E-state index in [-0.39, 0.29) is 11.9 Å². The number of piperazine rings is 1. The minimum absolute atomic E-state index is 0.0601. The molecular weight excluding hydrogens is 314 g/mol. The first-order chi connectivity index (χ1) is 9.52. The molecule has 4 nitrogen and oxygen atoms in total. The monoisotopic (exact) mass is 331 g/mol. The number of nitrogens with zero attached hydrogens (tertiary/aromatic N) is 2. The molecule has 1 aliphatic heterocycles. The molecule has 0 bridgehead atoms. The normalized spacial score (nSPS) is 18.0. The van der Waals surface area contributed by atoms with Gasteiger partial charge in [-0.05, 0) is 18.6 Å². The molecule has 0 spiro atoms. The highest BCUT2D eigenvalue weighted by atomic mass is 35.5. The molecular formula is C13H18ClN3OS2. The Kier molecular flexibility index (Phi) is 5.37. The first-order valence-corrected chi connectivity index (χ1v) is 8.21. The number of hydrogen-bond donors (Lipinski definition) is 1. The maximum atomic E-state index is 12.3. The van der Waals surface area contributed by atoms with E-state index in [2.05, 4.69) is 11.8 Å². The molecule has 2 N–H and O–H groups in total. The van der Waals surface area contributed by atoms with Crippen LogP contribution in [0.4, 0.5) is 0 Å². The van der Waals surface area contributed by atoms with Crippen molar-refractivity contribution in [2.24, 2.45) is 5.73 Å². The van der Waals surface area contributed by atoms with Crippen molar-refractivity contribution in [2.75, 3.05) is 26.2 Å². The Hall–Kier alpha value is -0.690. The van der Waals surface area contributed by atoms with Crippen LogP contribution < -0.4 is 5.73 Å². The second-order valence-electron chi connectivity index (χ2n) is 4.76. The molecule has 2 heterocycles. The van der Waals surface area contributed by atoms with Gasteiger partial charge in [0, 0.05) is 26.2 Å². The Morgan fingerprint density at radius 2 is 2.10 bits per heavy atom. The molecule has 1 amide bonds. The highest BCUT2D eigenvalue weighted by Crippen LogP contribution is 2.23. The van der Waals surface area contributed by atoms with Crippen molar-refractivity contribution < 1.29 is 4.79 Å². The lowest BCUT2D eigenvalue weighted by Crippen LogP contribution is -2.54. The van der Waals surface area contributed by atoms with Crippen LogP contribution >= 0.6 is 35.2 Å². The molecule has 1 aromatic rings. The van der Waals surface area contributed by atoms with Crippen LogP contribution in [0.2, 0.25) is 4.34 Å². The zero-order chi connectivity index (χ0) is 14.7. The summed E-state index contributed by atoms with van der Waals surface area (Å²) in [5, 5.41) is 0. The van der Waals surface area contributed by atoms with E-state index in [4.69, 9.17) is 29.6 Å². The van der Waals surface area contributed by atoms with Crippen molar-refractivity contribution in [2.45, 2.75) is 19.4 Å². The smallest absolute Gasteiger partial charge is 0.264 e. The van der Waals surface area contributed by atoms with Crippen LogP contribution in [0.1, 0.15) is 23.0 Å². The third-order valence-electron chi connectivity index (χ3n) is 3.54. The number of nitrogens with two attached hydrogens (primary N) is 1. The van der Waals surface area contributed by atoms with Crippen molar-refractivity contribution in [1.29, 1.82) is 0 Å².